The van der Waals surface area contributed by atoms with Crippen LogP contribution >= 0.6 is 0 Å². The zero-order chi connectivity index (χ0) is 53.4. The van der Waals surface area contributed by atoms with E-state index in [9.17, 15) is 63.6 Å². The number of benzene rings is 2. The molecule has 0 fully saturated rings. The number of nitrogens with one attached hydrogen (secondary N) is 4. The van der Waals surface area contributed by atoms with E-state index in [2.05, 4.69) is 26.3 Å². The van der Waals surface area contributed by atoms with E-state index in [1.165, 1.54) is 31.2 Å². The lowest BCUT2D eigenvalue weighted by Crippen LogP contribution is -2.51. The fraction of sp³-hybridized carbons (Fsp3) is 0.560. The van der Waals surface area contributed by atoms with Gasteiger partial charge in [0.25, 0.3) is 0 Å². The summed E-state index contributed by atoms with van der Waals surface area (Å²) < 4.78 is 0. The van der Waals surface area contributed by atoms with Crippen molar-refractivity contribution < 1.29 is 63.6 Å². The predicted octanol–water partition coefficient (Wildman–Crippen LogP) is 0.364. The molecule has 0 aliphatic rings. The third-order valence-corrected chi connectivity index (χ3v) is 12.2. The fourth-order valence-electron chi connectivity index (χ4n) is 7.52. The molecule has 9 atom stereocenters. The molecule has 4 amide bonds. The summed E-state index contributed by atoms with van der Waals surface area (Å²) in [7, 11) is 0. The predicted molar refractivity (Wildman–Crippen MR) is 263 cm³/mol. The Kier molecular flexibility index (Phi) is 26.4. The number of Topliss-reactive ketones (excluding diaryl/α,β-unsaturated/α-hetero) is 4. The Labute approximate surface area is 414 Å². The summed E-state index contributed by atoms with van der Waals surface area (Å²) in [5, 5.41) is 50.0. The average molecular weight is 995 g/mol. The standard InChI is InChI=1S/C50H74N8O13/c1-6-29(4)44(51)48(69)57-39(22-31-11-8-7-9-12-31)40(63)18-19-43(66)55-26-36(62)25-37(30(5)60)47(68)58-45(28(2)3)42(65)23-33(21-32-14-16-35(61)17-15-32)46(67)56-38(13-10-20-54-50(52)53)41(64)24-34(27-59)49(70)71/h7-9,11-12,14-17,28-30,33-34,37-39,44-45,59-61H,6,10,13,18-27,51H2,1-5H3,(H,55,66)(H,56,67)(H,57,69)(H,58,68)(H,70,71)(H4,52,53,54). The Hall–Kier alpha value is -6.58. The van der Waals surface area contributed by atoms with Gasteiger partial charge in [-0.25, -0.2) is 0 Å². The summed E-state index contributed by atoms with van der Waals surface area (Å²) in [6.07, 6.45) is -2.76. The van der Waals surface area contributed by atoms with Crippen molar-refractivity contribution in [2.75, 3.05) is 19.7 Å². The minimum atomic E-state index is -1.45. The van der Waals surface area contributed by atoms with Crippen molar-refractivity contribution in [1.29, 1.82) is 0 Å². The molecular weight excluding hydrogens is 921 g/mol. The van der Waals surface area contributed by atoms with Crippen molar-refractivity contribution in [2.24, 2.45) is 51.8 Å². The van der Waals surface area contributed by atoms with Crippen LogP contribution in [-0.4, -0.2) is 129 Å². The number of aliphatic hydroxyl groups excluding tert-OH is 2. The van der Waals surface area contributed by atoms with E-state index in [1.807, 2.05) is 19.9 Å². The van der Waals surface area contributed by atoms with Gasteiger partial charge in [0.15, 0.2) is 29.1 Å². The second kappa shape index (κ2) is 30.9. The molecule has 0 heterocycles. The number of phenols is 1. The third-order valence-electron chi connectivity index (χ3n) is 12.2. The van der Waals surface area contributed by atoms with Crippen LogP contribution in [0.5, 0.6) is 5.75 Å². The minimum Gasteiger partial charge on any atom is -0.508 e. The molecule has 0 saturated carbocycles. The second-order valence-corrected chi connectivity index (χ2v) is 18.4. The van der Waals surface area contributed by atoms with Crippen LogP contribution in [0.1, 0.15) is 97.1 Å². The molecule has 0 aromatic heterocycles. The van der Waals surface area contributed by atoms with Crippen molar-refractivity contribution >= 4 is 58.7 Å². The molecule has 71 heavy (non-hydrogen) atoms. The van der Waals surface area contributed by atoms with Gasteiger partial charge < -0.3 is 58.9 Å². The van der Waals surface area contributed by atoms with Crippen molar-refractivity contribution in [3.8, 4) is 5.75 Å². The molecule has 2 aromatic carbocycles. The van der Waals surface area contributed by atoms with Crippen LogP contribution < -0.4 is 38.5 Å². The molecule has 0 radical (unpaired) electrons. The highest BCUT2D eigenvalue weighted by molar-refractivity contribution is 5.97. The average Bonchev–Trinajstić information content (AvgIpc) is 3.32. The monoisotopic (exact) mass is 995 g/mol. The number of nitrogens with two attached hydrogens (primary N) is 3. The number of phenolic OH excluding ortho intramolecular Hbond substituents is 1. The van der Waals surface area contributed by atoms with E-state index >= 15 is 0 Å². The fourth-order valence-corrected chi connectivity index (χ4v) is 7.52. The molecule has 392 valence electrons. The van der Waals surface area contributed by atoms with Gasteiger partial charge in [-0.2, -0.15) is 0 Å². The van der Waals surface area contributed by atoms with Crippen molar-refractivity contribution in [3.63, 3.8) is 0 Å². The maximum Gasteiger partial charge on any atom is 0.309 e. The van der Waals surface area contributed by atoms with Crippen LogP contribution in [0.15, 0.2) is 59.6 Å². The number of rotatable bonds is 34. The number of carboxylic acids is 1. The van der Waals surface area contributed by atoms with Gasteiger partial charge in [-0.05, 0) is 67.7 Å². The number of aliphatic carboxylic acids is 1. The molecule has 2 rings (SSSR count). The first-order valence-corrected chi connectivity index (χ1v) is 23.9. The number of carbonyl (C=O) groups excluding carboxylic acids is 8. The number of guanidine groups is 1. The molecule has 0 bridgehead atoms. The summed E-state index contributed by atoms with van der Waals surface area (Å²) in [5.41, 5.74) is 18.2. The van der Waals surface area contributed by atoms with Gasteiger partial charge in [0, 0.05) is 44.6 Å². The maximum atomic E-state index is 14.1. The number of aliphatic imine (C=N–C) groups is 1. The number of carboxylic acid groups (broad SMARTS) is 1. The Balaban J connectivity index is 2.20. The largest absolute Gasteiger partial charge is 0.508 e. The van der Waals surface area contributed by atoms with Gasteiger partial charge in [-0.1, -0.05) is 76.6 Å². The lowest BCUT2D eigenvalue weighted by Gasteiger charge is -2.27. The van der Waals surface area contributed by atoms with Crippen molar-refractivity contribution in [1.82, 2.24) is 21.3 Å². The summed E-state index contributed by atoms with van der Waals surface area (Å²) in [4.78, 5) is 123. The quantitative estimate of drug-likeness (QED) is 0.0256. The highest BCUT2D eigenvalue weighted by atomic mass is 16.4. The first-order chi connectivity index (χ1) is 33.5. The third kappa shape index (κ3) is 21.9. The zero-order valence-electron chi connectivity index (χ0n) is 41.3. The van der Waals surface area contributed by atoms with E-state index in [1.54, 1.807) is 38.1 Å². The van der Waals surface area contributed by atoms with Gasteiger partial charge in [-0.15, -0.1) is 0 Å². The van der Waals surface area contributed by atoms with Gasteiger partial charge in [0.05, 0.1) is 55.3 Å². The van der Waals surface area contributed by atoms with Crippen molar-refractivity contribution in [2.45, 2.75) is 129 Å². The highest BCUT2D eigenvalue weighted by Gasteiger charge is 2.35. The maximum absolute atomic E-state index is 14.1. The molecule has 14 N–H and O–H groups in total. The highest BCUT2D eigenvalue weighted by Crippen LogP contribution is 2.21. The van der Waals surface area contributed by atoms with Gasteiger partial charge in [-0.3, -0.25) is 48.1 Å². The SMILES string of the molecule is CCC(C)C(N)C(=O)NC(Cc1ccccc1)C(=O)CCC(=O)NCC(=O)CC(C(=O)NC(C(=O)CC(Cc1ccc(O)cc1)C(=O)NC(CCCN=C(N)N)C(=O)CC(CO)C(=O)O)C(C)C)C(C)O. The zero-order valence-corrected chi connectivity index (χ0v) is 41.3. The topological polar surface area (TPSA) is 373 Å². The number of hydrogen-bond acceptors (Lipinski definition) is 14. The number of aromatic hydroxyl groups is 1. The Bertz CT molecular complexity index is 2130. The molecule has 0 aliphatic heterocycles. The Morgan fingerprint density at radius 2 is 1.31 bits per heavy atom. The van der Waals surface area contributed by atoms with E-state index < -0.39 is 139 Å². The van der Waals surface area contributed by atoms with E-state index in [0.29, 0.717) is 12.0 Å². The molecule has 2 aromatic rings. The van der Waals surface area contributed by atoms with Crippen LogP contribution in [0, 0.1) is 29.6 Å². The normalized spacial score (nSPS) is 15.0. The first-order valence-electron chi connectivity index (χ1n) is 23.9. The molecule has 21 heteroatoms. The number of hydrogen-bond donors (Lipinski definition) is 11. The van der Waals surface area contributed by atoms with Gasteiger partial charge in [0.2, 0.25) is 23.6 Å². The van der Waals surface area contributed by atoms with E-state index in [-0.39, 0.29) is 62.7 Å². The van der Waals surface area contributed by atoms with Crippen molar-refractivity contribution in [3.05, 3.63) is 65.7 Å². The number of amides is 4. The van der Waals surface area contributed by atoms with Gasteiger partial charge >= 0.3 is 5.97 Å². The number of carbonyl (C=O) groups is 9. The second-order valence-electron chi connectivity index (χ2n) is 18.4. The Morgan fingerprint density at radius 1 is 0.704 bits per heavy atom. The van der Waals surface area contributed by atoms with E-state index in [0.717, 1.165) is 5.56 Å². The van der Waals surface area contributed by atoms with E-state index in [4.69, 9.17) is 17.2 Å². The summed E-state index contributed by atoms with van der Waals surface area (Å²) in [5.74, 6) is -11.6. The number of ketones is 4. The first kappa shape index (κ1) is 60.5. The van der Waals surface area contributed by atoms with Gasteiger partial charge in [0.1, 0.15) is 5.75 Å². The summed E-state index contributed by atoms with van der Waals surface area (Å²) in [6.45, 7) is 6.94. The van der Waals surface area contributed by atoms with Crippen LogP contribution in [0.2, 0.25) is 0 Å². The molecular formula is C50H74N8O13. The summed E-state index contributed by atoms with van der Waals surface area (Å²) >= 11 is 0. The Morgan fingerprint density at radius 3 is 1.87 bits per heavy atom. The van der Waals surface area contributed by atoms with Crippen LogP contribution in [0.3, 0.4) is 0 Å². The lowest BCUT2D eigenvalue weighted by molar-refractivity contribution is -0.145. The molecule has 0 aliphatic carbocycles. The number of nitrogens with zero attached hydrogens (tertiary/aromatic N) is 1. The molecule has 0 saturated heterocycles. The van der Waals surface area contributed by atoms with Crippen LogP contribution in [0.25, 0.3) is 0 Å². The molecule has 21 nitrogen and oxygen atoms in total. The minimum absolute atomic E-state index is 0.0301. The van der Waals surface area contributed by atoms with Crippen LogP contribution in [0.4, 0.5) is 0 Å². The molecule has 9 unspecified atom stereocenters. The molecule has 0 spiro atoms. The summed E-state index contributed by atoms with van der Waals surface area (Å²) in [6, 6.07) is 10.5. The smallest absolute Gasteiger partial charge is 0.309 e. The number of aliphatic hydroxyl groups is 2. The van der Waals surface area contributed by atoms with Crippen LogP contribution in [-0.2, 0) is 56.0 Å². The lowest BCUT2D eigenvalue weighted by atomic mass is 9.87.